The van der Waals surface area contributed by atoms with E-state index in [-0.39, 0.29) is 5.97 Å². The summed E-state index contributed by atoms with van der Waals surface area (Å²) in [6.45, 7) is 4.82. The Morgan fingerprint density at radius 2 is 1.85 bits per heavy atom. The minimum Gasteiger partial charge on any atom is -0.462 e. The number of thiophene rings is 1. The molecule has 4 aromatic rings. The van der Waals surface area contributed by atoms with Crippen molar-refractivity contribution in [2.45, 2.75) is 20.4 Å². The summed E-state index contributed by atoms with van der Waals surface area (Å²) in [7, 11) is 0. The molecule has 2 aromatic carbocycles. The third kappa shape index (κ3) is 5.85. The molecule has 0 aliphatic rings. The average Bonchev–Trinajstić information content (AvgIpc) is 3.43. The molecular formula is C25H24N4O2S2. The van der Waals surface area contributed by atoms with Gasteiger partial charge in [0.2, 0.25) is 0 Å². The summed E-state index contributed by atoms with van der Waals surface area (Å²) in [6.07, 6.45) is 1.90. The second kappa shape index (κ2) is 10.4. The first kappa shape index (κ1) is 22.7. The van der Waals surface area contributed by atoms with Gasteiger partial charge in [-0.05, 0) is 43.3 Å². The Balaban J connectivity index is 1.46. The standard InChI is InChI=1S/C25H24N4O2S2/c1-3-31-24(30)20-15-21(19-7-5-4-6-8-19)33-23(20)27-25(32)26-22-13-14-29(28-22)16-18-11-9-17(2)10-12-18/h4-15H,3,16H2,1-2H3,(H2,26,27,28,32). The van der Waals surface area contributed by atoms with Crippen LogP contribution in [0.1, 0.15) is 28.4 Å². The van der Waals surface area contributed by atoms with Crippen LogP contribution in [0.15, 0.2) is 72.9 Å². The van der Waals surface area contributed by atoms with Crippen LogP contribution in [0.5, 0.6) is 0 Å². The van der Waals surface area contributed by atoms with Gasteiger partial charge in [0.15, 0.2) is 10.9 Å². The smallest absolute Gasteiger partial charge is 0.341 e. The second-order valence-electron chi connectivity index (χ2n) is 7.40. The predicted octanol–water partition coefficient (Wildman–Crippen LogP) is 5.95. The van der Waals surface area contributed by atoms with Crippen molar-refractivity contribution in [2.75, 3.05) is 17.2 Å². The van der Waals surface area contributed by atoms with E-state index >= 15 is 0 Å². The lowest BCUT2D eigenvalue weighted by Gasteiger charge is -2.09. The van der Waals surface area contributed by atoms with E-state index in [4.69, 9.17) is 17.0 Å². The Morgan fingerprint density at radius 1 is 1.09 bits per heavy atom. The first-order chi connectivity index (χ1) is 16.0. The fourth-order valence-corrected chi connectivity index (χ4v) is 4.56. The van der Waals surface area contributed by atoms with Crippen LogP contribution in [-0.4, -0.2) is 27.5 Å². The minimum absolute atomic E-state index is 0.301. The highest BCUT2D eigenvalue weighted by Gasteiger charge is 2.19. The highest BCUT2D eigenvalue weighted by Crippen LogP contribution is 2.36. The summed E-state index contributed by atoms with van der Waals surface area (Å²) in [5.74, 6) is 0.237. The number of nitrogens with one attached hydrogen (secondary N) is 2. The number of esters is 1. The molecule has 2 aromatic heterocycles. The molecule has 0 spiro atoms. The summed E-state index contributed by atoms with van der Waals surface area (Å²) >= 11 is 6.94. The molecule has 0 fully saturated rings. The molecule has 0 aliphatic heterocycles. The molecule has 2 N–H and O–H groups in total. The van der Waals surface area contributed by atoms with Crippen LogP contribution in [0.3, 0.4) is 0 Å². The van der Waals surface area contributed by atoms with E-state index in [9.17, 15) is 4.79 Å². The molecule has 0 saturated carbocycles. The summed E-state index contributed by atoms with van der Waals surface area (Å²) in [6, 6.07) is 21.9. The van der Waals surface area contributed by atoms with E-state index in [1.807, 2.05) is 53.3 Å². The van der Waals surface area contributed by atoms with E-state index in [0.29, 0.717) is 34.6 Å². The molecule has 0 unspecified atom stereocenters. The summed E-state index contributed by atoms with van der Waals surface area (Å²) < 4.78 is 7.08. The number of rotatable bonds is 7. The van der Waals surface area contributed by atoms with Gasteiger partial charge in [0.1, 0.15) is 5.00 Å². The monoisotopic (exact) mass is 476 g/mol. The third-order valence-electron chi connectivity index (χ3n) is 4.86. The normalized spacial score (nSPS) is 10.6. The van der Waals surface area contributed by atoms with E-state index < -0.39 is 0 Å². The Bertz CT molecular complexity index is 1250. The molecule has 0 atom stereocenters. The van der Waals surface area contributed by atoms with Crippen molar-refractivity contribution in [3.05, 3.63) is 89.6 Å². The molecule has 4 rings (SSSR count). The minimum atomic E-state index is -0.386. The lowest BCUT2D eigenvalue weighted by molar-refractivity contribution is 0.0528. The highest BCUT2D eigenvalue weighted by atomic mass is 32.1. The molecule has 0 saturated heterocycles. The summed E-state index contributed by atoms with van der Waals surface area (Å²) in [5, 5.41) is 11.8. The van der Waals surface area contributed by atoms with Gasteiger partial charge in [0.05, 0.1) is 18.7 Å². The van der Waals surface area contributed by atoms with Gasteiger partial charge in [-0.1, -0.05) is 60.2 Å². The first-order valence-electron chi connectivity index (χ1n) is 10.5. The largest absolute Gasteiger partial charge is 0.462 e. The summed E-state index contributed by atoms with van der Waals surface area (Å²) in [5.41, 5.74) is 3.87. The molecule has 0 bridgehead atoms. The number of benzene rings is 2. The SMILES string of the molecule is CCOC(=O)c1cc(-c2ccccc2)sc1NC(=S)Nc1ccn(Cc2ccc(C)cc2)n1. The van der Waals surface area contributed by atoms with Crippen molar-refractivity contribution < 1.29 is 9.53 Å². The Hall–Kier alpha value is -3.49. The van der Waals surface area contributed by atoms with Crippen LogP contribution in [0.25, 0.3) is 10.4 Å². The predicted molar refractivity (Wildman–Crippen MR) is 138 cm³/mol. The van der Waals surface area contributed by atoms with Crippen molar-refractivity contribution in [3.63, 3.8) is 0 Å². The molecule has 2 heterocycles. The maximum absolute atomic E-state index is 12.5. The van der Waals surface area contributed by atoms with E-state index in [1.54, 1.807) is 6.92 Å². The van der Waals surface area contributed by atoms with Crippen LogP contribution in [0.4, 0.5) is 10.8 Å². The number of aromatic nitrogens is 2. The van der Waals surface area contributed by atoms with Crippen molar-refractivity contribution in [2.24, 2.45) is 0 Å². The number of hydrogen-bond donors (Lipinski definition) is 2. The fraction of sp³-hybridized carbons (Fsp3) is 0.160. The van der Waals surface area contributed by atoms with Gasteiger partial charge in [-0.3, -0.25) is 4.68 Å². The van der Waals surface area contributed by atoms with Crippen LogP contribution < -0.4 is 10.6 Å². The fourth-order valence-electron chi connectivity index (χ4n) is 3.24. The van der Waals surface area contributed by atoms with Gasteiger partial charge < -0.3 is 15.4 Å². The summed E-state index contributed by atoms with van der Waals surface area (Å²) in [4.78, 5) is 13.5. The molecule has 0 aliphatic carbocycles. The molecule has 168 valence electrons. The van der Waals surface area contributed by atoms with Crippen molar-refractivity contribution >= 4 is 45.5 Å². The Labute approximate surface area is 202 Å². The molecule has 0 amide bonds. The Kier molecular flexibility index (Phi) is 7.16. The van der Waals surface area contributed by atoms with Crippen LogP contribution in [-0.2, 0) is 11.3 Å². The zero-order valence-corrected chi connectivity index (χ0v) is 20.0. The van der Waals surface area contributed by atoms with Crippen molar-refractivity contribution in [3.8, 4) is 10.4 Å². The number of carbonyl (C=O) groups is 1. The number of hydrogen-bond acceptors (Lipinski definition) is 5. The lowest BCUT2D eigenvalue weighted by Crippen LogP contribution is -2.20. The van der Waals surface area contributed by atoms with E-state index in [2.05, 4.69) is 46.9 Å². The van der Waals surface area contributed by atoms with Crippen LogP contribution in [0.2, 0.25) is 0 Å². The number of ether oxygens (including phenoxy) is 1. The molecular weight excluding hydrogens is 452 g/mol. The number of thiocarbonyl (C=S) groups is 1. The third-order valence-corrected chi connectivity index (χ3v) is 6.16. The highest BCUT2D eigenvalue weighted by molar-refractivity contribution is 7.80. The molecule has 8 heteroatoms. The molecule has 6 nitrogen and oxygen atoms in total. The molecule has 0 radical (unpaired) electrons. The zero-order chi connectivity index (χ0) is 23.2. The Morgan fingerprint density at radius 3 is 2.58 bits per heavy atom. The van der Waals surface area contributed by atoms with E-state index in [0.717, 1.165) is 10.4 Å². The average molecular weight is 477 g/mol. The van der Waals surface area contributed by atoms with Gasteiger partial charge in [-0.25, -0.2) is 4.79 Å². The maximum atomic E-state index is 12.5. The van der Waals surface area contributed by atoms with Gasteiger partial charge in [-0.2, -0.15) is 5.10 Å². The molecule has 33 heavy (non-hydrogen) atoms. The lowest BCUT2D eigenvalue weighted by atomic mass is 10.1. The first-order valence-corrected chi connectivity index (χ1v) is 11.8. The number of anilines is 2. The van der Waals surface area contributed by atoms with Crippen molar-refractivity contribution in [1.29, 1.82) is 0 Å². The zero-order valence-electron chi connectivity index (χ0n) is 18.4. The topological polar surface area (TPSA) is 68.2 Å². The number of nitrogens with zero attached hydrogens (tertiary/aromatic N) is 2. The van der Waals surface area contributed by atoms with E-state index in [1.165, 1.54) is 22.5 Å². The van der Waals surface area contributed by atoms with Crippen LogP contribution >= 0.6 is 23.6 Å². The van der Waals surface area contributed by atoms with Gasteiger partial charge in [-0.15, -0.1) is 11.3 Å². The van der Waals surface area contributed by atoms with Crippen molar-refractivity contribution in [1.82, 2.24) is 9.78 Å². The number of carbonyl (C=O) groups excluding carboxylic acids is 1. The quantitative estimate of drug-likeness (QED) is 0.254. The van der Waals surface area contributed by atoms with Gasteiger partial charge >= 0.3 is 5.97 Å². The number of aryl methyl sites for hydroxylation is 1. The van der Waals surface area contributed by atoms with Gasteiger partial charge in [0, 0.05) is 17.1 Å². The second-order valence-corrected chi connectivity index (χ2v) is 8.86. The maximum Gasteiger partial charge on any atom is 0.341 e. The van der Waals surface area contributed by atoms with Gasteiger partial charge in [0.25, 0.3) is 0 Å². The van der Waals surface area contributed by atoms with Crippen LogP contribution in [0, 0.1) is 6.92 Å².